The Hall–Kier alpha value is -3.00. The Morgan fingerprint density at radius 3 is 2.73 bits per heavy atom. The van der Waals surface area contributed by atoms with E-state index in [4.69, 9.17) is 9.15 Å². The Labute approximate surface area is 171 Å². The molecule has 1 fully saturated rings. The van der Waals surface area contributed by atoms with Gasteiger partial charge in [-0.05, 0) is 31.5 Å². The summed E-state index contributed by atoms with van der Waals surface area (Å²) in [5, 5.41) is 6.88. The van der Waals surface area contributed by atoms with Crippen LogP contribution in [-0.2, 0) is 0 Å². The van der Waals surface area contributed by atoms with Crippen LogP contribution in [0, 0.1) is 0 Å². The molecule has 1 aliphatic heterocycles. The first-order valence-corrected chi connectivity index (χ1v) is 9.74. The molecule has 0 spiro atoms. The summed E-state index contributed by atoms with van der Waals surface area (Å²) >= 11 is 0. The van der Waals surface area contributed by atoms with E-state index in [9.17, 15) is 18.0 Å². The average Bonchev–Trinajstić information content (AvgIpc) is 3.17. The number of piperidine rings is 1. The first-order valence-electron chi connectivity index (χ1n) is 9.74. The van der Waals surface area contributed by atoms with Crippen LogP contribution in [0.15, 0.2) is 52.9 Å². The van der Waals surface area contributed by atoms with Crippen molar-refractivity contribution < 1.29 is 27.1 Å². The molecule has 0 bridgehead atoms. The molecule has 0 saturated carbocycles. The quantitative estimate of drug-likeness (QED) is 0.640. The second-order valence-electron chi connectivity index (χ2n) is 7.25. The average molecular weight is 418 g/mol. The number of furan rings is 1. The molecule has 5 nitrogen and oxygen atoms in total. The van der Waals surface area contributed by atoms with Crippen molar-refractivity contribution >= 4 is 16.9 Å². The predicted molar refractivity (Wildman–Crippen MR) is 107 cm³/mol. The van der Waals surface area contributed by atoms with Crippen molar-refractivity contribution in [2.24, 2.45) is 0 Å². The van der Waals surface area contributed by atoms with Crippen molar-refractivity contribution in [1.82, 2.24) is 10.6 Å². The van der Waals surface area contributed by atoms with Gasteiger partial charge < -0.3 is 19.8 Å². The highest BCUT2D eigenvalue weighted by Crippen LogP contribution is 2.37. The van der Waals surface area contributed by atoms with E-state index in [1.807, 2.05) is 0 Å². The lowest BCUT2D eigenvalue weighted by atomic mass is 10.0. The van der Waals surface area contributed by atoms with Crippen LogP contribution in [0.25, 0.3) is 22.1 Å². The highest BCUT2D eigenvalue weighted by molar-refractivity contribution is 6.00. The van der Waals surface area contributed by atoms with Crippen molar-refractivity contribution in [3.63, 3.8) is 0 Å². The summed E-state index contributed by atoms with van der Waals surface area (Å²) in [6.45, 7) is 0.262. The Kier molecular flexibility index (Phi) is 5.67. The predicted octanol–water partition coefficient (Wildman–Crippen LogP) is 4.52. The van der Waals surface area contributed by atoms with Crippen molar-refractivity contribution in [3.8, 4) is 16.9 Å². The number of carbonyl (C=O) groups is 1. The van der Waals surface area contributed by atoms with Crippen LogP contribution in [0.2, 0.25) is 0 Å². The van der Waals surface area contributed by atoms with Crippen LogP contribution in [-0.4, -0.2) is 37.8 Å². The van der Waals surface area contributed by atoms with Gasteiger partial charge in [-0.3, -0.25) is 4.79 Å². The molecular formula is C22H21F3N2O3. The molecule has 2 heterocycles. The molecule has 1 amide bonds. The van der Waals surface area contributed by atoms with Crippen LogP contribution in [0.5, 0.6) is 5.75 Å². The number of nitrogens with one attached hydrogen (secondary N) is 2. The van der Waals surface area contributed by atoms with Gasteiger partial charge in [-0.15, -0.1) is 0 Å². The highest BCUT2D eigenvalue weighted by Gasteiger charge is 2.29. The Balaban J connectivity index is 1.64. The standard InChI is InChI=1S/C22H21F3N2O3/c23-22(24,25)13-29-18-9-2-1-7-16(18)17-8-3-5-14-11-19(30-20(14)17)21(28)27-15-6-4-10-26-12-15/h1-3,5,7-9,11,15,26H,4,6,10,12-13H2,(H,27,28). The molecule has 4 rings (SSSR count). The van der Waals surface area contributed by atoms with Gasteiger partial charge in [0.05, 0.1) is 0 Å². The SMILES string of the molecule is O=C(NC1CCCNC1)c1cc2cccc(-c3ccccc3OCC(F)(F)F)c2o1. The Bertz CT molecular complexity index is 1040. The summed E-state index contributed by atoms with van der Waals surface area (Å²) in [4.78, 5) is 12.6. The van der Waals surface area contributed by atoms with E-state index >= 15 is 0 Å². The zero-order valence-electron chi connectivity index (χ0n) is 16.1. The van der Waals surface area contributed by atoms with Gasteiger partial charge in [0.1, 0.15) is 11.3 Å². The van der Waals surface area contributed by atoms with Gasteiger partial charge in [-0.2, -0.15) is 13.2 Å². The van der Waals surface area contributed by atoms with E-state index in [1.165, 1.54) is 6.07 Å². The number of rotatable bonds is 5. The number of hydrogen-bond donors (Lipinski definition) is 2. The molecular weight excluding hydrogens is 397 g/mol. The topological polar surface area (TPSA) is 63.5 Å². The molecule has 1 aliphatic rings. The summed E-state index contributed by atoms with van der Waals surface area (Å²) in [5.41, 5.74) is 1.45. The monoisotopic (exact) mass is 418 g/mol. The number of benzene rings is 2. The van der Waals surface area contributed by atoms with E-state index in [2.05, 4.69) is 10.6 Å². The number of para-hydroxylation sites is 2. The fourth-order valence-electron chi connectivity index (χ4n) is 3.59. The molecule has 1 unspecified atom stereocenters. The van der Waals surface area contributed by atoms with E-state index < -0.39 is 12.8 Å². The highest BCUT2D eigenvalue weighted by atomic mass is 19.4. The zero-order valence-corrected chi connectivity index (χ0v) is 16.1. The van der Waals surface area contributed by atoms with Gasteiger partial charge in [0.15, 0.2) is 12.4 Å². The third kappa shape index (κ3) is 4.59. The largest absolute Gasteiger partial charge is 0.483 e. The number of hydrogen-bond acceptors (Lipinski definition) is 4. The van der Waals surface area contributed by atoms with Crippen molar-refractivity contribution in [2.45, 2.75) is 25.1 Å². The maximum absolute atomic E-state index is 12.6. The molecule has 0 aliphatic carbocycles. The number of carbonyl (C=O) groups excluding carboxylic acids is 1. The third-order valence-corrected chi connectivity index (χ3v) is 4.97. The Morgan fingerprint density at radius 2 is 1.97 bits per heavy atom. The summed E-state index contributed by atoms with van der Waals surface area (Å²) in [5.74, 6) is -0.0535. The third-order valence-electron chi connectivity index (χ3n) is 4.97. The number of amides is 1. The van der Waals surface area contributed by atoms with Crippen molar-refractivity contribution in [1.29, 1.82) is 0 Å². The van der Waals surface area contributed by atoms with E-state index in [1.54, 1.807) is 42.5 Å². The minimum Gasteiger partial charge on any atom is -0.483 e. The summed E-state index contributed by atoms with van der Waals surface area (Å²) in [6.07, 6.45) is -2.55. The lowest BCUT2D eigenvalue weighted by Gasteiger charge is -2.23. The minimum absolute atomic E-state index is 0.0374. The number of halogens is 3. The van der Waals surface area contributed by atoms with Crippen molar-refractivity contribution in [2.75, 3.05) is 19.7 Å². The molecule has 1 saturated heterocycles. The van der Waals surface area contributed by atoms with Crippen LogP contribution in [0.4, 0.5) is 13.2 Å². The van der Waals surface area contributed by atoms with Crippen LogP contribution >= 0.6 is 0 Å². The summed E-state index contributed by atoms with van der Waals surface area (Å²) in [6, 6.07) is 13.4. The van der Waals surface area contributed by atoms with E-state index in [-0.39, 0.29) is 23.5 Å². The lowest BCUT2D eigenvalue weighted by molar-refractivity contribution is -0.153. The number of ether oxygens (including phenoxy) is 1. The second-order valence-corrected chi connectivity index (χ2v) is 7.25. The normalized spacial score (nSPS) is 17.1. The molecule has 2 aromatic carbocycles. The fraction of sp³-hybridized carbons (Fsp3) is 0.318. The molecule has 30 heavy (non-hydrogen) atoms. The second kappa shape index (κ2) is 8.39. The lowest BCUT2D eigenvalue weighted by Crippen LogP contribution is -2.45. The minimum atomic E-state index is -4.44. The van der Waals surface area contributed by atoms with Gasteiger partial charge in [-0.25, -0.2) is 0 Å². The molecule has 3 aromatic rings. The summed E-state index contributed by atoms with van der Waals surface area (Å²) < 4.78 is 48.7. The van der Waals surface area contributed by atoms with E-state index in [0.717, 1.165) is 19.4 Å². The van der Waals surface area contributed by atoms with Gasteiger partial charge in [0.25, 0.3) is 5.91 Å². The van der Waals surface area contributed by atoms with Crippen LogP contribution < -0.4 is 15.4 Å². The molecule has 1 aromatic heterocycles. The smallest absolute Gasteiger partial charge is 0.422 e. The maximum Gasteiger partial charge on any atom is 0.422 e. The van der Waals surface area contributed by atoms with Gasteiger partial charge >= 0.3 is 6.18 Å². The van der Waals surface area contributed by atoms with E-state index in [0.29, 0.717) is 28.6 Å². The van der Waals surface area contributed by atoms with Crippen LogP contribution in [0.3, 0.4) is 0 Å². The van der Waals surface area contributed by atoms with Gasteiger partial charge in [-0.1, -0.05) is 36.4 Å². The maximum atomic E-state index is 12.6. The molecule has 158 valence electrons. The molecule has 1 atom stereocenters. The van der Waals surface area contributed by atoms with Crippen molar-refractivity contribution in [3.05, 3.63) is 54.3 Å². The molecule has 8 heteroatoms. The van der Waals surface area contributed by atoms with Crippen LogP contribution in [0.1, 0.15) is 23.4 Å². The molecule has 0 radical (unpaired) electrons. The molecule has 2 N–H and O–H groups in total. The van der Waals surface area contributed by atoms with Gasteiger partial charge in [0.2, 0.25) is 0 Å². The van der Waals surface area contributed by atoms with Gasteiger partial charge in [0, 0.05) is 29.1 Å². The summed E-state index contributed by atoms with van der Waals surface area (Å²) in [7, 11) is 0. The zero-order chi connectivity index (χ0) is 21.1. The number of alkyl halides is 3. The first kappa shape index (κ1) is 20.3. The fourth-order valence-corrected chi connectivity index (χ4v) is 3.59. The first-order chi connectivity index (χ1) is 14.4. The Morgan fingerprint density at radius 1 is 1.17 bits per heavy atom. The number of fused-ring (bicyclic) bond motifs is 1.